The third-order valence-corrected chi connectivity index (χ3v) is 1.85. The highest BCUT2D eigenvalue weighted by atomic mass is 35.5. The van der Waals surface area contributed by atoms with Gasteiger partial charge in [-0.25, -0.2) is 0 Å². The molecule has 2 heteroatoms. The molecule has 0 bridgehead atoms. The van der Waals surface area contributed by atoms with E-state index in [0.717, 1.165) is 10.8 Å². The van der Waals surface area contributed by atoms with Gasteiger partial charge in [-0.05, 0) is 0 Å². The van der Waals surface area contributed by atoms with Crippen molar-refractivity contribution in [1.29, 1.82) is 0 Å². The van der Waals surface area contributed by atoms with E-state index in [1.54, 1.807) is 6.20 Å². The third kappa shape index (κ3) is 1.08. The van der Waals surface area contributed by atoms with Crippen LogP contribution in [0, 0.1) is 6.20 Å². The highest BCUT2D eigenvalue weighted by Crippen LogP contribution is 2.20. The lowest BCUT2D eigenvalue weighted by atomic mass is 10.2. The fourth-order valence-electron chi connectivity index (χ4n) is 1.02. The quantitative estimate of drug-likeness (QED) is 0.581. The van der Waals surface area contributed by atoms with Gasteiger partial charge in [0.25, 0.3) is 0 Å². The Morgan fingerprint density at radius 2 is 2.09 bits per heavy atom. The number of halogens is 1. The van der Waals surface area contributed by atoms with Crippen molar-refractivity contribution in [2.75, 3.05) is 0 Å². The van der Waals surface area contributed by atoms with Crippen LogP contribution in [0.4, 0.5) is 0 Å². The van der Waals surface area contributed by atoms with E-state index >= 15 is 0 Å². The molecule has 11 heavy (non-hydrogen) atoms. The summed E-state index contributed by atoms with van der Waals surface area (Å²) in [6.07, 6.45) is 4.46. The number of benzene rings is 1. The van der Waals surface area contributed by atoms with E-state index in [-0.39, 0.29) is 0 Å². The summed E-state index contributed by atoms with van der Waals surface area (Å²) in [6, 6.07) is 7.78. The van der Waals surface area contributed by atoms with Crippen molar-refractivity contribution >= 4 is 22.4 Å². The maximum Gasteiger partial charge on any atom is 0.0971 e. The van der Waals surface area contributed by atoms with Crippen LogP contribution in [0.25, 0.3) is 10.8 Å². The van der Waals surface area contributed by atoms with E-state index < -0.39 is 0 Å². The van der Waals surface area contributed by atoms with Crippen molar-refractivity contribution in [3.8, 4) is 0 Å². The monoisotopic (exact) mass is 162 g/mol. The molecule has 1 radical (unpaired) electrons. The Balaban J connectivity index is 2.91. The Hall–Kier alpha value is -1.08. The Bertz CT molecular complexity index is 379. The molecule has 0 aliphatic heterocycles. The van der Waals surface area contributed by atoms with Crippen LogP contribution in [-0.2, 0) is 0 Å². The number of hydrogen-bond acceptors (Lipinski definition) is 1. The van der Waals surface area contributed by atoms with E-state index in [4.69, 9.17) is 11.6 Å². The lowest BCUT2D eigenvalue weighted by Crippen LogP contribution is -1.76. The predicted octanol–water partition coefficient (Wildman–Crippen LogP) is 2.69. The first-order valence-corrected chi connectivity index (χ1v) is 3.66. The molecule has 0 atom stereocenters. The Labute approximate surface area is 69.6 Å². The van der Waals surface area contributed by atoms with Gasteiger partial charge in [-0.1, -0.05) is 35.9 Å². The molecule has 0 saturated heterocycles. The molecule has 0 fully saturated rings. The smallest absolute Gasteiger partial charge is 0.0971 e. The van der Waals surface area contributed by atoms with Crippen LogP contribution in [0.15, 0.2) is 30.5 Å². The highest BCUT2D eigenvalue weighted by molar-refractivity contribution is 6.35. The number of nitrogens with zero attached hydrogens (tertiary/aromatic N) is 1. The number of hydrogen-bond donors (Lipinski definition) is 0. The predicted molar refractivity (Wildman–Crippen MR) is 45.6 cm³/mol. The molecule has 2 rings (SSSR count). The summed E-state index contributed by atoms with van der Waals surface area (Å²) in [4.78, 5) is 3.86. The average molecular weight is 163 g/mol. The highest BCUT2D eigenvalue weighted by Gasteiger charge is 1.95. The first-order chi connectivity index (χ1) is 5.38. The molecule has 0 aliphatic carbocycles. The van der Waals surface area contributed by atoms with Gasteiger partial charge in [0.15, 0.2) is 0 Å². The van der Waals surface area contributed by atoms with E-state index in [1.165, 1.54) is 0 Å². The van der Waals surface area contributed by atoms with Gasteiger partial charge in [0.1, 0.15) is 0 Å². The first-order valence-electron chi connectivity index (χ1n) is 3.29. The Morgan fingerprint density at radius 1 is 1.27 bits per heavy atom. The van der Waals surface area contributed by atoms with Gasteiger partial charge in [0.2, 0.25) is 0 Å². The normalized spacial score (nSPS) is 10.3. The fraction of sp³-hybridized carbons (Fsp3) is 0. The lowest BCUT2D eigenvalue weighted by molar-refractivity contribution is 1.35. The summed E-state index contributed by atoms with van der Waals surface area (Å²) in [5.74, 6) is 0. The fourth-order valence-corrected chi connectivity index (χ4v) is 1.23. The largest absolute Gasteiger partial charge is 0.252 e. The zero-order valence-electron chi connectivity index (χ0n) is 5.71. The molecule has 0 saturated carbocycles. The molecule has 0 amide bonds. The molecule has 1 aromatic carbocycles. The lowest BCUT2D eigenvalue weighted by Gasteiger charge is -1.95. The topological polar surface area (TPSA) is 12.9 Å². The minimum absolute atomic E-state index is 0.680. The summed E-state index contributed by atoms with van der Waals surface area (Å²) in [6.45, 7) is 0. The van der Waals surface area contributed by atoms with Crippen LogP contribution >= 0.6 is 11.6 Å². The van der Waals surface area contributed by atoms with Crippen molar-refractivity contribution < 1.29 is 0 Å². The van der Waals surface area contributed by atoms with E-state index in [2.05, 4.69) is 11.2 Å². The van der Waals surface area contributed by atoms with E-state index in [1.807, 2.05) is 24.3 Å². The Morgan fingerprint density at radius 3 is 2.91 bits per heavy atom. The third-order valence-electron chi connectivity index (χ3n) is 1.55. The van der Waals surface area contributed by atoms with Gasteiger partial charge in [0.05, 0.1) is 11.2 Å². The zero-order chi connectivity index (χ0) is 7.68. The van der Waals surface area contributed by atoms with Crippen molar-refractivity contribution in [2.45, 2.75) is 0 Å². The van der Waals surface area contributed by atoms with Gasteiger partial charge in [-0.3, -0.25) is 4.98 Å². The second-order valence-electron chi connectivity index (χ2n) is 2.26. The molecule has 1 nitrogen and oxygen atoms in total. The van der Waals surface area contributed by atoms with Crippen LogP contribution in [0.3, 0.4) is 0 Å². The van der Waals surface area contributed by atoms with Crippen molar-refractivity contribution in [3.63, 3.8) is 0 Å². The second kappa shape index (κ2) is 2.51. The minimum Gasteiger partial charge on any atom is -0.252 e. The maximum atomic E-state index is 5.87. The van der Waals surface area contributed by atoms with Gasteiger partial charge in [0, 0.05) is 17.0 Å². The zero-order valence-corrected chi connectivity index (χ0v) is 6.47. The van der Waals surface area contributed by atoms with Crippen LogP contribution in [-0.4, -0.2) is 4.98 Å². The molecule has 1 heterocycles. The van der Waals surface area contributed by atoms with E-state index in [0.29, 0.717) is 5.02 Å². The van der Waals surface area contributed by atoms with Crippen molar-refractivity contribution in [2.24, 2.45) is 0 Å². The molecular weight excluding hydrogens is 158 g/mol. The van der Waals surface area contributed by atoms with Crippen LogP contribution in [0.1, 0.15) is 0 Å². The average Bonchev–Trinajstić information content (AvgIpc) is 2.06. The SMILES string of the molecule is Clc1cn[c]c2ccccc12. The number of rotatable bonds is 0. The summed E-state index contributed by atoms with van der Waals surface area (Å²) < 4.78 is 0. The molecule has 0 unspecified atom stereocenters. The second-order valence-corrected chi connectivity index (χ2v) is 2.67. The summed E-state index contributed by atoms with van der Waals surface area (Å²) >= 11 is 5.87. The number of fused-ring (bicyclic) bond motifs is 1. The summed E-state index contributed by atoms with van der Waals surface area (Å²) in [5, 5.41) is 2.64. The standard InChI is InChI=1S/C9H5ClN/c10-9-6-11-5-7-3-1-2-4-8(7)9/h1-4,6H. The van der Waals surface area contributed by atoms with Gasteiger partial charge >= 0.3 is 0 Å². The van der Waals surface area contributed by atoms with Crippen LogP contribution in [0.2, 0.25) is 5.02 Å². The first kappa shape index (κ1) is 6.62. The van der Waals surface area contributed by atoms with E-state index in [9.17, 15) is 0 Å². The van der Waals surface area contributed by atoms with Crippen molar-refractivity contribution in [3.05, 3.63) is 41.7 Å². The van der Waals surface area contributed by atoms with Crippen LogP contribution < -0.4 is 0 Å². The molecular formula is C9H5ClN. The van der Waals surface area contributed by atoms with Crippen molar-refractivity contribution in [1.82, 2.24) is 4.98 Å². The van der Waals surface area contributed by atoms with Gasteiger partial charge in [-0.15, -0.1) is 0 Å². The molecule has 0 aliphatic rings. The minimum atomic E-state index is 0.680. The summed E-state index contributed by atoms with van der Waals surface area (Å²) in [5.41, 5.74) is 0. The number of aromatic nitrogens is 1. The number of pyridine rings is 1. The molecule has 1 aromatic heterocycles. The molecule has 0 N–H and O–H groups in total. The maximum absolute atomic E-state index is 5.87. The van der Waals surface area contributed by atoms with Gasteiger partial charge in [-0.2, -0.15) is 0 Å². The molecule has 0 spiro atoms. The van der Waals surface area contributed by atoms with Crippen LogP contribution in [0.5, 0.6) is 0 Å². The molecule has 53 valence electrons. The molecule has 2 aromatic rings. The Kier molecular flexibility index (Phi) is 1.51. The van der Waals surface area contributed by atoms with Gasteiger partial charge < -0.3 is 0 Å². The summed E-state index contributed by atoms with van der Waals surface area (Å²) in [7, 11) is 0.